The van der Waals surface area contributed by atoms with Gasteiger partial charge < -0.3 is 15.2 Å². The van der Waals surface area contributed by atoms with Gasteiger partial charge in [0.25, 0.3) is 0 Å². The molecule has 2 rings (SSSR count). The van der Waals surface area contributed by atoms with E-state index in [9.17, 15) is 9.59 Å². The third kappa shape index (κ3) is 3.69. The Kier molecular flexibility index (Phi) is 4.39. The number of carbonyl (C=O) groups is 2. The standard InChI is InChI=1S/C13H13N3O4S/c1-7-6-14-13(21-7)16-12(19)15-8-3-4-9(11(17)18)10(5-8)20-2/h3-6H,1-2H3,(H,17,18)(H2,14,15,16,19). The van der Waals surface area contributed by atoms with Crippen molar-refractivity contribution in [2.45, 2.75) is 6.92 Å². The highest BCUT2D eigenvalue weighted by atomic mass is 32.1. The van der Waals surface area contributed by atoms with E-state index in [4.69, 9.17) is 9.84 Å². The molecule has 0 aliphatic carbocycles. The van der Waals surface area contributed by atoms with Crippen LogP contribution < -0.4 is 15.4 Å². The van der Waals surface area contributed by atoms with Gasteiger partial charge in [-0.1, -0.05) is 0 Å². The first-order chi connectivity index (χ1) is 9.99. The minimum atomic E-state index is -1.10. The van der Waals surface area contributed by atoms with Crippen molar-refractivity contribution >= 4 is 34.2 Å². The molecule has 0 spiro atoms. The van der Waals surface area contributed by atoms with Crippen LogP contribution in [0.1, 0.15) is 15.2 Å². The molecule has 0 saturated heterocycles. The van der Waals surface area contributed by atoms with E-state index in [0.29, 0.717) is 10.8 Å². The van der Waals surface area contributed by atoms with Crippen molar-refractivity contribution in [1.82, 2.24) is 4.98 Å². The van der Waals surface area contributed by atoms with Gasteiger partial charge in [-0.25, -0.2) is 14.6 Å². The zero-order valence-corrected chi connectivity index (χ0v) is 12.2. The highest BCUT2D eigenvalue weighted by molar-refractivity contribution is 7.15. The fraction of sp³-hybridized carbons (Fsp3) is 0.154. The third-order valence-electron chi connectivity index (χ3n) is 2.53. The fourth-order valence-corrected chi connectivity index (χ4v) is 2.28. The number of amides is 2. The molecule has 2 aromatic rings. The number of aromatic carboxylic acids is 1. The van der Waals surface area contributed by atoms with E-state index < -0.39 is 12.0 Å². The Bertz CT molecular complexity index is 684. The van der Waals surface area contributed by atoms with Crippen LogP contribution in [0.25, 0.3) is 0 Å². The second-order valence-electron chi connectivity index (χ2n) is 4.08. The molecule has 2 amide bonds. The lowest BCUT2D eigenvalue weighted by atomic mass is 10.2. The maximum absolute atomic E-state index is 11.8. The van der Waals surface area contributed by atoms with Crippen molar-refractivity contribution in [2.75, 3.05) is 17.7 Å². The van der Waals surface area contributed by atoms with Crippen LogP contribution in [0.4, 0.5) is 15.6 Å². The monoisotopic (exact) mass is 307 g/mol. The number of methoxy groups -OCH3 is 1. The van der Waals surface area contributed by atoms with Gasteiger partial charge in [-0.05, 0) is 19.1 Å². The molecule has 0 saturated carbocycles. The maximum Gasteiger partial charge on any atom is 0.339 e. The van der Waals surface area contributed by atoms with Gasteiger partial charge in [0.15, 0.2) is 5.13 Å². The van der Waals surface area contributed by atoms with Crippen LogP contribution in [-0.2, 0) is 0 Å². The number of aromatic nitrogens is 1. The summed E-state index contributed by atoms with van der Waals surface area (Å²) in [7, 11) is 1.37. The zero-order valence-electron chi connectivity index (χ0n) is 11.3. The number of rotatable bonds is 4. The zero-order chi connectivity index (χ0) is 15.4. The number of nitrogens with zero attached hydrogens (tertiary/aromatic N) is 1. The van der Waals surface area contributed by atoms with E-state index in [1.54, 1.807) is 6.20 Å². The summed E-state index contributed by atoms with van der Waals surface area (Å²) in [6, 6.07) is 3.83. The average molecular weight is 307 g/mol. The predicted octanol–water partition coefficient (Wildman–Crippen LogP) is 2.80. The molecule has 1 aromatic carbocycles. The van der Waals surface area contributed by atoms with E-state index in [0.717, 1.165) is 4.88 Å². The lowest BCUT2D eigenvalue weighted by molar-refractivity contribution is 0.0693. The minimum Gasteiger partial charge on any atom is -0.496 e. The van der Waals surface area contributed by atoms with Crippen LogP contribution in [0, 0.1) is 6.92 Å². The molecule has 0 aliphatic rings. The lowest BCUT2D eigenvalue weighted by Gasteiger charge is -2.09. The summed E-state index contributed by atoms with van der Waals surface area (Å²) in [5.74, 6) is -0.925. The largest absolute Gasteiger partial charge is 0.496 e. The van der Waals surface area contributed by atoms with Crippen LogP contribution in [0.2, 0.25) is 0 Å². The Balaban J connectivity index is 2.08. The number of carboxylic acid groups (broad SMARTS) is 1. The number of carbonyl (C=O) groups excluding carboxylic acids is 1. The molecule has 0 unspecified atom stereocenters. The topological polar surface area (TPSA) is 101 Å². The number of benzene rings is 1. The Morgan fingerprint density at radius 3 is 2.67 bits per heavy atom. The van der Waals surface area contributed by atoms with E-state index in [2.05, 4.69) is 15.6 Å². The van der Waals surface area contributed by atoms with Gasteiger partial charge in [-0.15, -0.1) is 11.3 Å². The molecular formula is C13H13N3O4S. The lowest BCUT2D eigenvalue weighted by Crippen LogP contribution is -2.19. The molecule has 1 heterocycles. The van der Waals surface area contributed by atoms with Crippen molar-refractivity contribution in [3.8, 4) is 5.75 Å². The first-order valence-corrected chi connectivity index (χ1v) is 6.73. The van der Waals surface area contributed by atoms with Gasteiger partial charge in [0.2, 0.25) is 0 Å². The molecule has 0 atom stereocenters. The molecule has 7 nitrogen and oxygen atoms in total. The van der Waals surface area contributed by atoms with E-state index in [1.165, 1.54) is 36.6 Å². The highest BCUT2D eigenvalue weighted by Crippen LogP contribution is 2.23. The highest BCUT2D eigenvalue weighted by Gasteiger charge is 2.12. The number of carboxylic acids is 1. The number of hydrogen-bond donors (Lipinski definition) is 3. The molecule has 110 valence electrons. The van der Waals surface area contributed by atoms with Crippen LogP contribution in [0.3, 0.4) is 0 Å². The maximum atomic E-state index is 11.8. The van der Waals surface area contributed by atoms with Crippen molar-refractivity contribution < 1.29 is 19.4 Å². The molecule has 3 N–H and O–H groups in total. The number of urea groups is 1. The summed E-state index contributed by atoms with van der Waals surface area (Å²) in [5, 5.41) is 14.6. The van der Waals surface area contributed by atoms with E-state index in [1.807, 2.05) is 6.92 Å². The molecule has 0 fully saturated rings. The minimum absolute atomic E-state index is 0.0269. The SMILES string of the molecule is COc1cc(NC(=O)Nc2ncc(C)s2)ccc1C(=O)O. The summed E-state index contributed by atoms with van der Waals surface area (Å²) in [6.07, 6.45) is 1.66. The summed E-state index contributed by atoms with van der Waals surface area (Å²) in [5.41, 5.74) is 0.446. The average Bonchev–Trinajstić information content (AvgIpc) is 2.83. The second-order valence-corrected chi connectivity index (χ2v) is 5.31. The van der Waals surface area contributed by atoms with Crippen molar-refractivity contribution in [1.29, 1.82) is 0 Å². The van der Waals surface area contributed by atoms with Crippen molar-refractivity contribution in [3.63, 3.8) is 0 Å². The summed E-state index contributed by atoms with van der Waals surface area (Å²) in [6.45, 7) is 1.89. The Labute approximate surface area is 124 Å². The van der Waals surface area contributed by atoms with Gasteiger partial charge in [-0.3, -0.25) is 5.32 Å². The number of hydrogen-bond acceptors (Lipinski definition) is 5. The molecular weight excluding hydrogens is 294 g/mol. The van der Waals surface area contributed by atoms with Crippen LogP contribution in [-0.4, -0.2) is 29.2 Å². The smallest absolute Gasteiger partial charge is 0.339 e. The van der Waals surface area contributed by atoms with Gasteiger partial charge in [0.05, 0.1) is 7.11 Å². The molecule has 21 heavy (non-hydrogen) atoms. The van der Waals surface area contributed by atoms with Gasteiger partial charge >= 0.3 is 12.0 Å². The predicted molar refractivity (Wildman–Crippen MR) is 79.4 cm³/mol. The second kappa shape index (κ2) is 6.23. The van der Waals surface area contributed by atoms with Crippen LogP contribution >= 0.6 is 11.3 Å². The molecule has 0 radical (unpaired) electrons. The number of thiazole rings is 1. The van der Waals surface area contributed by atoms with Crippen molar-refractivity contribution in [2.24, 2.45) is 0 Å². The number of aryl methyl sites for hydroxylation is 1. The Hall–Kier alpha value is -2.61. The fourth-order valence-electron chi connectivity index (χ4n) is 1.62. The summed E-state index contributed by atoms with van der Waals surface area (Å²) < 4.78 is 4.99. The summed E-state index contributed by atoms with van der Waals surface area (Å²) >= 11 is 1.36. The van der Waals surface area contributed by atoms with Gasteiger partial charge in [-0.2, -0.15) is 0 Å². The number of anilines is 2. The molecule has 1 aromatic heterocycles. The quantitative estimate of drug-likeness (QED) is 0.806. The molecule has 0 bridgehead atoms. The van der Waals surface area contributed by atoms with E-state index >= 15 is 0 Å². The first-order valence-electron chi connectivity index (χ1n) is 5.91. The van der Waals surface area contributed by atoms with Crippen LogP contribution in [0.5, 0.6) is 5.75 Å². The normalized spacial score (nSPS) is 10.0. The van der Waals surface area contributed by atoms with Gasteiger partial charge in [0.1, 0.15) is 11.3 Å². The van der Waals surface area contributed by atoms with E-state index in [-0.39, 0.29) is 11.3 Å². The van der Waals surface area contributed by atoms with Gasteiger partial charge in [0, 0.05) is 22.8 Å². The third-order valence-corrected chi connectivity index (χ3v) is 3.36. The summed E-state index contributed by atoms with van der Waals surface area (Å²) in [4.78, 5) is 27.8. The van der Waals surface area contributed by atoms with Crippen molar-refractivity contribution in [3.05, 3.63) is 34.8 Å². The molecule has 0 aliphatic heterocycles. The first kappa shape index (κ1) is 14.8. The number of nitrogens with one attached hydrogen (secondary N) is 2. The Morgan fingerprint density at radius 1 is 1.33 bits per heavy atom. The Morgan fingerprint density at radius 2 is 2.10 bits per heavy atom. The van der Waals surface area contributed by atoms with Crippen LogP contribution in [0.15, 0.2) is 24.4 Å². The number of ether oxygens (including phenoxy) is 1. The molecule has 8 heteroatoms.